The molecule has 3 heterocycles. The largest absolute Gasteiger partial charge is 0.354 e. The molecule has 10 heteroatoms. The van der Waals surface area contributed by atoms with Crippen molar-refractivity contribution in [3.8, 4) is 0 Å². The first-order valence-electron chi connectivity index (χ1n) is 7.68. The maximum atomic E-state index is 11.8. The first-order valence-corrected chi connectivity index (χ1v) is 7.68. The summed E-state index contributed by atoms with van der Waals surface area (Å²) < 4.78 is 6.39. The minimum Gasteiger partial charge on any atom is -0.354 e. The number of hydrogen-bond donors (Lipinski definition) is 1. The van der Waals surface area contributed by atoms with Crippen LogP contribution in [0.15, 0.2) is 10.9 Å². The first-order chi connectivity index (χ1) is 11.2. The quantitative estimate of drug-likeness (QED) is 0.750. The van der Waals surface area contributed by atoms with Gasteiger partial charge in [-0.3, -0.25) is 9.69 Å². The van der Waals surface area contributed by atoms with Gasteiger partial charge in [0.25, 0.3) is 0 Å². The zero-order valence-electron chi connectivity index (χ0n) is 13.1. The maximum absolute atomic E-state index is 11.8. The highest BCUT2D eigenvalue weighted by Crippen LogP contribution is 2.17. The highest BCUT2D eigenvalue weighted by Gasteiger charge is 2.21. The summed E-state index contributed by atoms with van der Waals surface area (Å²) in [6.45, 7) is 5.30. The van der Waals surface area contributed by atoms with Crippen molar-refractivity contribution in [1.29, 1.82) is 0 Å². The van der Waals surface area contributed by atoms with E-state index in [9.17, 15) is 4.79 Å². The Morgan fingerprint density at radius 1 is 1.43 bits per heavy atom. The number of nitrogens with zero attached hydrogens (tertiary/aromatic N) is 7. The summed E-state index contributed by atoms with van der Waals surface area (Å²) in [5.41, 5.74) is 0. The molecule has 0 spiro atoms. The summed E-state index contributed by atoms with van der Waals surface area (Å²) >= 11 is 0. The molecule has 1 N–H and O–H groups in total. The van der Waals surface area contributed by atoms with Crippen molar-refractivity contribution in [2.24, 2.45) is 5.92 Å². The van der Waals surface area contributed by atoms with Crippen molar-refractivity contribution in [3.05, 3.63) is 18.0 Å². The van der Waals surface area contributed by atoms with Gasteiger partial charge in [-0.25, -0.2) is 4.68 Å². The number of likely N-dealkylation sites (tertiary alicyclic amines) is 1. The lowest BCUT2D eigenvalue weighted by atomic mass is 9.97. The highest BCUT2D eigenvalue weighted by atomic mass is 16.5. The summed E-state index contributed by atoms with van der Waals surface area (Å²) in [6, 6.07) is 0. The van der Waals surface area contributed by atoms with Gasteiger partial charge in [-0.2, -0.15) is 4.98 Å². The van der Waals surface area contributed by atoms with Crippen molar-refractivity contribution >= 4 is 5.91 Å². The van der Waals surface area contributed by atoms with E-state index in [1.165, 1.54) is 11.0 Å². The number of rotatable bonds is 6. The second-order valence-corrected chi connectivity index (χ2v) is 5.76. The number of carbonyl (C=O) groups is 1. The Bertz CT molecular complexity index is 618. The number of piperidine rings is 1. The normalized spacial score (nSPS) is 16.6. The van der Waals surface area contributed by atoms with Crippen LogP contribution in [-0.2, 0) is 17.9 Å². The van der Waals surface area contributed by atoms with Gasteiger partial charge in [0.1, 0.15) is 12.9 Å². The molecule has 10 nitrogen and oxygen atoms in total. The molecule has 0 atom stereocenters. The summed E-state index contributed by atoms with van der Waals surface area (Å²) in [4.78, 5) is 18.3. The number of carbonyl (C=O) groups excluding carboxylic acids is 1. The van der Waals surface area contributed by atoms with Gasteiger partial charge in [0.2, 0.25) is 11.8 Å². The molecule has 1 saturated heterocycles. The molecule has 1 fully saturated rings. The summed E-state index contributed by atoms with van der Waals surface area (Å²) in [6.07, 6.45) is 3.52. The van der Waals surface area contributed by atoms with Gasteiger partial charge in [0, 0.05) is 13.5 Å². The van der Waals surface area contributed by atoms with Crippen LogP contribution in [0.1, 0.15) is 24.6 Å². The number of nitrogens with one attached hydrogen (secondary N) is 1. The zero-order valence-corrected chi connectivity index (χ0v) is 13.1. The number of hydrogen-bond acceptors (Lipinski definition) is 8. The SMILES string of the molecule is Cc1nc(CN2CCC(CNC(=O)Cn3cnnn3)CC2)no1. The molecule has 1 amide bonds. The summed E-state index contributed by atoms with van der Waals surface area (Å²) in [5, 5.41) is 17.5. The predicted octanol–water partition coefficient (Wildman–Crippen LogP) is -0.607. The third-order valence-electron chi connectivity index (χ3n) is 3.93. The molecule has 23 heavy (non-hydrogen) atoms. The topological polar surface area (TPSA) is 115 Å². The molecule has 0 radical (unpaired) electrons. The second-order valence-electron chi connectivity index (χ2n) is 5.76. The Morgan fingerprint density at radius 3 is 2.91 bits per heavy atom. The molecule has 3 rings (SSSR count). The number of tetrazole rings is 1. The van der Waals surface area contributed by atoms with Gasteiger partial charge in [-0.1, -0.05) is 5.16 Å². The van der Waals surface area contributed by atoms with Crippen LogP contribution in [-0.4, -0.2) is 60.8 Å². The molecule has 2 aromatic heterocycles. The van der Waals surface area contributed by atoms with Crippen LogP contribution in [0, 0.1) is 12.8 Å². The Labute approximate surface area is 133 Å². The van der Waals surface area contributed by atoms with Gasteiger partial charge >= 0.3 is 0 Å². The molecule has 0 saturated carbocycles. The highest BCUT2D eigenvalue weighted by molar-refractivity contribution is 5.75. The molecule has 124 valence electrons. The molecule has 1 aliphatic rings. The molecule has 0 unspecified atom stereocenters. The number of aryl methyl sites for hydroxylation is 1. The van der Waals surface area contributed by atoms with E-state index in [0.29, 0.717) is 18.4 Å². The molecular weight excluding hydrogens is 300 g/mol. The van der Waals surface area contributed by atoms with Crippen LogP contribution in [0.25, 0.3) is 0 Å². The minimum atomic E-state index is -0.0676. The molecule has 0 aliphatic carbocycles. The van der Waals surface area contributed by atoms with Gasteiger partial charge in [-0.15, -0.1) is 5.10 Å². The van der Waals surface area contributed by atoms with Crippen molar-refractivity contribution in [2.75, 3.05) is 19.6 Å². The molecule has 0 aromatic carbocycles. The van der Waals surface area contributed by atoms with E-state index in [2.05, 4.69) is 35.9 Å². The van der Waals surface area contributed by atoms with Gasteiger partial charge < -0.3 is 9.84 Å². The van der Waals surface area contributed by atoms with Crippen LogP contribution in [0.2, 0.25) is 0 Å². The second kappa shape index (κ2) is 7.27. The summed E-state index contributed by atoms with van der Waals surface area (Å²) in [5.74, 6) is 1.76. The Hall–Kier alpha value is -2.36. The fourth-order valence-corrected chi connectivity index (χ4v) is 2.67. The number of amides is 1. The molecule has 0 bridgehead atoms. The summed E-state index contributed by atoms with van der Waals surface area (Å²) in [7, 11) is 0. The Morgan fingerprint density at radius 2 is 2.26 bits per heavy atom. The van der Waals surface area contributed by atoms with Gasteiger partial charge in [0.15, 0.2) is 5.82 Å². The van der Waals surface area contributed by atoms with E-state index >= 15 is 0 Å². The molecular formula is C13H20N8O2. The lowest BCUT2D eigenvalue weighted by Gasteiger charge is -2.31. The fourth-order valence-electron chi connectivity index (χ4n) is 2.67. The third kappa shape index (κ3) is 4.55. The van der Waals surface area contributed by atoms with Crippen LogP contribution in [0.3, 0.4) is 0 Å². The van der Waals surface area contributed by atoms with Gasteiger partial charge in [-0.05, 0) is 42.3 Å². The van der Waals surface area contributed by atoms with Crippen molar-refractivity contribution in [1.82, 2.24) is 40.6 Å². The van der Waals surface area contributed by atoms with Crippen molar-refractivity contribution < 1.29 is 9.32 Å². The lowest BCUT2D eigenvalue weighted by Crippen LogP contribution is -2.39. The number of aromatic nitrogens is 6. The Balaban J connectivity index is 1.35. The fraction of sp³-hybridized carbons (Fsp3) is 0.692. The zero-order chi connectivity index (χ0) is 16.1. The third-order valence-corrected chi connectivity index (χ3v) is 3.93. The van der Waals surface area contributed by atoms with E-state index in [1.54, 1.807) is 6.92 Å². The van der Waals surface area contributed by atoms with Crippen LogP contribution in [0.5, 0.6) is 0 Å². The maximum Gasteiger partial charge on any atom is 0.241 e. The van der Waals surface area contributed by atoms with E-state index < -0.39 is 0 Å². The lowest BCUT2D eigenvalue weighted by molar-refractivity contribution is -0.122. The first kappa shape index (κ1) is 15.5. The standard InChI is InChI=1S/C13H20N8O2/c1-10-16-12(17-23-10)7-20-4-2-11(3-5-20)6-14-13(22)8-21-9-15-18-19-21/h9,11H,2-8H2,1H3,(H,14,22). The molecule has 1 aliphatic heterocycles. The van der Waals surface area contributed by atoms with E-state index in [4.69, 9.17) is 4.52 Å². The smallest absolute Gasteiger partial charge is 0.241 e. The van der Waals surface area contributed by atoms with E-state index in [-0.39, 0.29) is 12.5 Å². The van der Waals surface area contributed by atoms with Crippen LogP contribution >= 0.6 is 0 Å². The van der Waals surface area contributed by atoms with Crippen LogP contribution in [0.4, 0.5) is 0 Å². The average Bonchev–Trinajstić information content (AvgIpc) is 3.18. The van der Waals surface area contributed by atoms with Crippen molar-refractivity contribution in [3.63, 3.8) is 0 Å². The monoisotopic (exact) mass is 320 g/mol. The van der Waals surface area contributed by atoms with Gasteiger partial charge in [0.05, 0.1) is 6.54 Å². The predicted molar refractivity (Wildman–Crippen MR) is 77.9 cm³/mol. The van der Waals surface area contributed by atoms with Crippen LogP contribution < -0.4 is 5.32 Å². The minimum absolute atomic E-state index is 0.0676. The average molecular weight is 320 g/mol. The molecule has 2 aromatic rings. The Kier molecular flexibility index (Phi) is 4.91. The van der Waals surface area contributed by atoms with Crippen molar-refractivity contribution in [2.45, 2.75) is 32.9 Å². The van der Waals surface area contributed by atoms with E-state index in [0.717, 1.165) is 38.3 Å². The van der Waals surface area contributed by atoms with E-state index in [1.807, 2.05) is 0 Å².